The van der Waals surface area contributed by atoms with Crippen molar-refractivity contribution in [1.82, 2.24) is 19.7 Å². The van der Waals surface area contributed by atoms with Crippen LogP contribution in [0.4, 0.5) is 5.82 Å². The number of para-hydroxylation sites is 1. The lowest BCUT2D eigenvalue weighted by atomic mass is 10.1. The number of nitrogens with two attached hydrogens (primary N) is 1. The second kappa shape index (κ2) is 11.8. The van der Waals surface area contributed by atoms with Gasteiger partial charge in [0.2, 0.25) is 5.82 Å². The average molecular weight is 484 g/mol. The largest absolute Gasteiger partial charge is 0.384 e. The number of rotatable bonds is 11. The third-order valence-corrected chi connectivity index (χ3v) is 5.72. The number of amidine groups is 1. The van der Waals surface area contributed by atoms with Crippen LogP contribution in [0.3, 0.4) is 0 Å². The maximum absolute atomic E-state index is 13.2. The van der Waals surface area contributed by atoms with Crippen LogP contribution in [0.5, 0.6) is 0 Å². The van der Waals surface area contributed by atoms with Crippen molar-refractivity contribution in [3.63, 3.8) is 0 Å². The summed E-state index contributed by atoms with van der Waals surface area (Å²) in [6, 6.07) is 26.4. The van der Waals surface area contributed by atoms with Crippen molar-refractivity contribution >= 4 is 11.7 Å². The Hall–Kier alpha value is -4.50. The maximum atomic E-state index is 13.2. The molecule has 9 nitrogen and oxygen atoms in total. The van der Waals surface area contributed by atoms with E-state index in [2.05, 4.69) is 15.7 Å². The standard InChI is InChI=1S/C27H29N7O2/c28-24(29)22-13-11-21(12-14-22)19-30-17-18-33-26(35)25(31-16-15-20-7-3-1-4-8-20)32-34(27(33)36)23-9-5-2-6-10-23/h1-14,30H,15-19H2,(H3,28,29)(H,31,32). The zero-order chi connectivity index (χ0) is 25.3. The first-order valence-electron chi connectivity index (χ1n) is 11.7. The van der Waals surface area contributed by atoms with Gasteiger partial charge in [0, 0.05) is 31.7 Å². The van der Waals surface area contributed by atoms with Crippen LogP contribution in [0.1, 0.15) is 16.7 Å². The Morgan fingerprint density at radius 3 is 2.19 bits per heavy atom. The van der Waals surface area contributed by atoms with E-state index in [1.807, 2.05) is 60.7 Å². The molecule has 0 aliphatic rings. The van der Waals surface area contributed by atoms with Crippen LogP contribution in [0, 0.1) is 5.41 Å². The van der Waals surface area contributed by atoms with Gasteiger partial charge in [-0.3, -0.25) is 14.8 Å². The molecule has 4 rings (SSSR count). The highest BCUT2D eigenvalue weighted by molar-refractivity contribution is 5.94. The van der Waals surface area contributed by atoms with Crippen LogP contribution in [-0.2, 0) is 19.5 Å². The molecule has 0 atom stereocenters. The first-order chi connectivity index (χ1) is 17.5. The van der Waals surface area contributed by atoms with E-state index >= 15 is 0 Å². The zero-order valence-corrected chi connectivity index (χ0v) is 19.9. The van der Waals surface area contributed by atoms with Gasteiger partial charge in [-0.05, 0) is 29.7 Å². The summed E-state index contributed by atoms with van der Waals surface area (Å²) in [5.74, 6) is 0.156. The molecule has 5 N–H and O–H groups in total. The molecule has 0 fully saturated rings. The Morgan fingerprint density at radius 2 is 1.53 bits per heavy atom. The van der Waals surface area contributed by atoms with Gasteiger partial charge >= 0.3 is 5.69 Å². The van der Waals surface area contributed by atoms with Crippen LogP contribution >= 0.6 is 0 Å². The summed E-state index contributed by atoms with van der Waals surface area (Å²) in [5.41, 5.74) is 7.95. The lowest BCUT2D eigenvalue weighted by Crippen LogP contribution is -2.44. The second-order valence-corrected chi connectivity index (χ2v) is 8.29. The van der Waals surface area contributed by atoms with Gasteiger partial charge in [-0.15, -0.1) is 5.10 Å². The van der Waals surface area contributed by atoms with Crippen molar-refractivity contribution in [3.8, 4) is 5.69 Å². The minimum absolute atomic E-state index is 0.0226. The number of anilines is 1. The molecule has 0 bridgehead atoms. The molecule has 9 heteroatoms. The van der Waals surface area contributed by atoms with Crippen LogP contribution < -0.4 is 27.6 Å². The summed E-state index contributed by atoms with van der Waals surface area (Å²) in [4.78, 5) is 26.3. The molecule has 0 saturated heterocycles. The Balaban J connectivity index is 1.49. The van der Waals surface area contributed by atoms with E-state index in [0.717, 1.165) is 17.5 Å². The smallest absolute Gasteiger partial charge is 0.352 e. The van der Waals surface area contributed by atoms with E-state index in [9.17, 15) is 9.59 Å². The quantitative estimate of drug-likeness (QED) is 0.147. The first-order valence-corrected chi connectivity index (χ1v) is 11.7. The highest BCUT2D eigenvalue weighted by Gasteiger charge is 2.14. The lowest BCUT2D eigenvalue weighted by molar-refractivity contribution is 0.538. The fourth-order valence-corrected chi connectivity index (χ4v) is 3.76. The number of nitrogens with one attached hydrogen (secondary N) is 3. The predicted molar refractivity (Wildman–Crippen MR) is 142 cm³/mol. The monoisotopic (exact) mass is 483 g/mol. The molecule has 0 spiro atoms. The van der Waals surface area contributed by atoms with Gasteiger partial charge in [0.1, 0.15) is 5.84 Å². The normalized spacial score (nSPS) is 10.8. The van der Waals surface area contributed by atoms with Crippen molar-refractivity contribution in [3.05, 3.63) is 122 Å². The Morgan fingerprint density at radius 1 is 0.861 bits per heavy atom. The fourth-order valence-electron chi connectivity index (χ4n) is 3.76. The molecule has 0 amide bonds. The fraction of sp³-hybridized carbons (Fsp3) is 0.185. The van der Waals surface area contributed by atoms with E-state index in [-0.39, 0.29) is 18.2 Å². The highest BCUT2D eigenvalue weighted by atomic mass is 16.2. The zero-order valence-electron chi connectivity index (χ0n) is 19.9. The number of nitrogen functional groups attached to an aromatic ring is 1. The molecule has 36 heavy (non-hydrogen) atoms. The number of aromatic nitrogens is 3. The molecular weight excluding hydrogens is 454 g/mol. The molecule has 1 heterocycles. The predicted octanol–water partition coefficient (Wildman–Crippen LogP) is 2.12. The molecule has 0 radical (unpaired) electrons. The van der Waals surface area contributed by atoms with Crippen molar-refractivity contribution in [1.29, 1.82) is 5.41 Å². The number of benzene rings is 3. The molecule has 0 aliphatic heterocycles. The molecule has 1 aromatic heterocycles. The third-order valence-electron chi connectivity index (χ3n) is 5.72. The summed E-state index contributed by atoms with van der Waals surface area (Å²) >= 11 is 0. The summed E-state index contributed by atoms with van der Waals surface area (Å²) in [5, 5.41) is 18.2. The minimum atomic E-state index is -0.493. The summed E-state index contributed by atoms with van der Waals surface area (Å²) in [7, 11) is 0. The van der Waals surface area contributed by atoms with E-state index in [4.69, 9.17) is 11.1 Å². The third kappa shape index (κ3) is 6.13. The molecule has 0 unspecified atom stereocenters. The Bertz CT molecular complexity index is 1410. The molecule has 3 aromatic carbocycles. The second-order valence-electron chi connectivity index (χ2n) is 8.29. The van der Waals surface area contributed by atoms with Crippen molar-refractivity contribution in [2.45, 2.75) is 19.5 Å². The van der Waals surface area contributed by atoms with Crippen LogP contribution in [-0.4, -0.2) is 33.3 Å². The molecule has 0 aliphatic carbocycles. The van der Waals surface area contributed by atoms with Crippen molar-refractivity contribution in [2.75, 3.05) is 18.4 Å². The molecule has 0 saturated carbocycles. The molecule has 4 aromatic rings. The van der Waals surface area contributed by atoms with Crippen molar-refractivity contribution < 1.29 is 0 Å². The molecule has 184 valence electrons. The first kappa shape index (κ1) is 24.6. The summed E-state index contributed by atoms with van der Waals surface area (Å²) < 4.78 is 2.46. The summed E-state index contributed by atoms with van der Waals surface area (Å²) in [6.07, 6.45) is 0.719. The van der Waals surface area contributed by atoms with Gasteiger partial charge in [-0.2, -0.15) is 4.68 Å². The number of nitrogens with zero attached hydrogens (tertiary/aromatic N) is 3. The van der Waals surface area contributed by atoms with E-state index < -0.39 is 11.2 Å². The topological polar surface area (TPSA) is 131 Å². The van der Waals surface area contributed by atoms with Gasteiger partial charge in [0.25, 0.3) is 5.56 Å². The highest BCUT2D eigenvalue weighted by Crippen LogP contribution is 2.05. The van der Waals surface area contributed by atoms with E-state index in [1.165, 1.54) is 9.25 Å². The summed E-state index contributed by atoms with van der Waals surface area (Å²) in [6.45, 7) is 1.65. The minimum Gasteiger partial charge on any atom is -0.384 e. The van der Waals surface area contributed by atoms with Crippen molar-refractivity contribution in [2.24, 2.45) is 5.73 Å². The Labute approximate surface area is 208 Å². The average Bonchev–Trinajstić information content (AvgIpc) is 2.91. The molecular formula is C27H29N7O2. The lowest BCUT2D eigenvalue weighted by Gasteiger charge is -2.13. The maximum Gasteiger partial charge on any atom is 0.352 e. The van der Waals surface area contributed by atoms with Crippen LogP contribution in [0.25, 0.3) is 5.69 Å². The Kier molecular flexibility index (Phi) is 8.05. The van der Waals surface area contributed by atoms with Gasteiger partial charge in [-0.1, -0.05) is 72.8 Å². The SMILES string of the molecule is N=C(N)c1ccc(CNCCn2c(=O)c(NCCc3ccccc3)nn(-c3ccccc3)c2=O)cc1. The van der Waals surface area contributed by atoms with Crippen LogP contribution in [0.2, 0.25) is 0 Å². The van der Waals surface area contributed by atoms with Gasteiger partial charge < -0.3 is 16.4 Å². The number of hydrogen-bond acceptors (Lipinski definition) is 6. The van der Waals surface area contributed by atoms with Crippen LogP contribution in [0.15, 0.2) is 94.5 Å². The number of hydrogen-bond donors (Lipinski definition) is 4. The van der Waals surface area contributed by atoms with Gasteiger partial charge in [0.15, 0.2) is 0 Å². The van der Waals surface area contributed by atoms with Gasteiger partial charge in [0.05, 0.1) is 5.69 Å². The van der Waals surface area contributed by atoms with E-state index in [0.29, 0.717) is 30.9 Å². The van der Waals surface area contributed by atoms with Gasteiger partial charge in [-0.25, -0.2) is 4.79 Å². The van der Waals surface area contributed by atoms with E-state index in [1.54, 1.807) is 24.3 Å².